The molecular weight excluding hydrogens is 314 g/mol. The summed E-state index contributed by atoms with van der Waals surface area (Å²) >= 11 is 0. The SMILES string of the molecule is CC(=O)c1cccc(NC(=O)[C@@H](C)[NH+]2CCC[C@@H]2c2cccn2C)c1. The van der Waals surface area contributed by atoms with Gasteiger partial charge in [0.25, 0.3) is 5.91 Å². The van der Waals surface area contributed by atoms with E-state index >= 15 is 0 Å². The quantitative estimate of drug-likeness (QED) is 0.818. The van der Waals surface area contributed by atoms with Gasteiger partial charge < -0.3 is 14.8 Å². The standard InChI is InChI=1S/C20H25N3O2/c1-14(20(25)21-17-8-4-7-16(13-17)15(2)24)23-12-6-10-19(23)18-9-5-11-22(18)3/h4-5,7-9,11,13-14,19H,6,10,12H2,1-3H3,(H,21,25)/p+1/t14-,19-/m1/s1. The van der Waals surface area contributed by atoms with Crippen LogP contribution >= 0.6 is 0 Å². The summed E-state index contributed by atoms with van der Waals surface area (Å²) in [7, 11) is 2.06. The minimum absolute atomic E-state index is 0.00177. The van der Waals surface area contributed by atoms with Gasteiger partial charge in [-0.25, -0.2) is 0 Å². The summed E-state index contributed by atoms with van der Waals surface area (Å²) in [5, 5.41) is 2.98. The maximum Gasteiger partial charge on any atom is 0.282 e. The molecule has 2 N–H and O–H groups in total. The summed E-state index contributed by atoms with van der Waals surface area (Å²) in [6.07, 6.45) is 4.29. The van der Waals surface area contributed by atoms with Gasteiger partial charge >= 0.3 is 0 Å². The number of anilines is 1. The largest absolute Gasteiger partial charge is 0.350 e. The molecule has 3 rings (SSSR count). The molecule has 5 nitrogen and oxygen atoms in total. The first kappa shape index (κ1) is 17.4. The molecule has 1 unspecified atom stereocenters. The Labute approximate surface area is 148 Å². The van der Waals surface area contributed by atoms with E-state index in [4.69, 9.17) is 0 Å². The Hall–Kier alpha value is -2.40. The number of rotatable bonds is 5. The smallest absolute Gasteiger partial charge is 0.282 e. The summed E-state index contributed by atoms with van der Waals surface area (Å²) in [6, 6.07) is 11.5. The normalized spacial score (nSPS) is 21.1. The second-order valence-corrected chi connectivity index (χ2v) is 6.91. The van der Waals surface area contributed by atoms with Crippen molar-refractivity contribution in [3.05, 3.63) is 53.9 Å². The number of carbonyl (C=O) groups excluding carboxylic acids is 2. The van der Waals surface area contributed by atoms with Crippen LogP contribution in [0.1, 0.15) is 48.8 Å². The van der Waals surface area contributed by atoms with Gasteiger partial charge in [-0.15, -0.1) is 0 Å². The molecule has 0 aliphatic carbocycles. The first-order valence-corrected chi connectivity index (χ1v) is 8.86. The Morgan fingerprint density at radius 1 is 1.28 bits per heavy atom. The number of hydrogen-bond acceptors (Lipinski definition) is 2. The van der Waals surface area contributed by atoms with Gasteiger partial charge in [-0.3, -0.25) is 9.59 Å². The van der Waals surface area contributed by atoms with Crippen molar-refractivity contribution in [1.29, 1.82) is 0 Å². The first-order chi connectivity index (χ1) is 12.0. The number of aromatic nitrogens is 1. The number of nitrogens with zero attached hydrogens (tertiary/aromatic N) is 1. The van der Waals surface area contributed by atoms with E-state index in [1.165, 1.54) is 17.5 Å². The monoisotopic (exact) mass is 340 g/mol. The van der Waals surface area contributed by atoms with Gasteiger partial charge in [-0.1, -0.05) is 12.1 Å². The Morgan fingerprint density at radius 2 is 2.08 bits per heavy atom. The van der Waals surface area contributed by atoms with Crippen molar-refractivity contribution < 1.29 is 14.5 Å². The highest BCUT2D eigenvalue weighted by atomic mass is 16.2. The van der Waals surface area contributed by atoms with Crippen molar-refractivity contribution in [1.82, 2.24) is 4.57 Å². The lowest BCUT2D eigenvalue weighted by atomic mass is 10.1. The molecule has 1 aliphatic heterocycles. The van der Waals surface area contributed by atoms with Gasteiger partial charge in [0.1, 0.15) is 6.04 Å². The number of ketones is 1. The average Bonchev–Trinajstić information content (AvgIpc) is 3.22. The number of hydrogen-bond donors (Lipinski definition) is 2. The highest BCUT2D eigenvalue weighted by Gasteiger charge is 2.38. The van der Waals surface area contributed by atoms with Crippen LogP contribution in [0.25, 0.3) is 0 Å². The molecule has 1 aromatic heterocycles. The minimum atomic E-state index is -0.150. The van der Waals surface area contributed by atoms with Crippen LogP contribution in [0.3, 0.4) is 0 Å². The van der Waals surface area contributed by atoms with Crippen LogP contribution in [-0.2, 0) is 11.8 Å². The average molecular weight is 340 g/mol. The molecule has 1 saturated heterocycles. The molecule has 3 atom stereocenters. The number of benzene rings is 1. The zero-order chi connectivity index (χ0) is 18.0. The molecule has 0 bridgehead atoms. The van der Waals surface area contributed by atoms with Crippen molar-refractivity contribution in [2.75, 3.05) is 11.9 Å². The zero-order valence-corrected chi connectivity index (χ0v) is 15.1. The van der Waals surface area contributed by atoms with E-state index in [2.05, 4.69) is 35.3 Å². The van der Waals surface area contributed by atoms with E-state index in [1.807, 2.05) is 13.0 Å². The van der Waals surface area contributed by atoms with Crippen LogP contribution in [0.2, 0.25) is 0 Å². The third-order valence-corrected chi connectivity index (χ3v) is 5.23. The van der Waals surface area contributed by atoms with Crippen molar-refractivity contribution in [2.45, 2.75) is 38.8 Å². The molecule has 2 heterocycles. The van der Waals surface area contributed by atoms with Gasteiger partial charge in [0, 0.05) is 37.3 Å². The van der Waals surface area contributed by atoms with Crippen LogP contribution < -0.4 is 10.2 Å². The van der Waals surface area contributed by atoms with E-state index < -0.39 is 0 Å². The fraction of sp³-hybridized carbons (Fsp3) is 0.400. The molecule has 132 valence electrons. The third-order valence-electron chi connectivity index (χ3n) is 5.23. The van der Waals surface area contributed by atoms with Crippen LogP contribution in [0, 0.1) is 0 Å². The summed E-state index contributed by atoms with van der Waals surface area (Å²) in [5.74, 6) is -0.00472. The number of Topliss-reactive ketones (excluding diaryl/α,β-unsaturated/α-hetero) is 1. The minimum Gasteiger partial charge on any atom is -0.350 e. The highest BCUT2D eigenvalue weighted by molar-refractivity contribution is 5.97. The number of nitrogens with one attached hydrogen (secondary N) is 2. The molecule has 0 saturated carbocycles. The van der Waals surface area contributed by atoms with Crippen LogP contribution in [0.15, 0.2) is 42.6 Å². The topological polar surface area (TPSA) is 55.5 Å². The maximum atomic E-state index is 12.8. The van der Waals surface area contributed by atoms with Gasteiger partial charge in [0.2, 0.25) is 0 Å². The molecular formula is C20H26N3O2+. The Morgan fingerprint density at radius 3 is 2.76 bits per heavy atom. The fourth-order valence-electron chi connectivity index (χ4n) is 3.80. The molecule has 0 radical (unpaired) electrons. The van der Waals surface area contributed by atoms with E-state index in [0.29, 0.717) is 17.3 Å². The van der Waals surface area contributed by atoms with Crippen molar-refractivity contribution in [3.8, 4) is 0 Å². The van der Waals surface area contributed by atoms with Crippen molar-refractivity contribution >= 4 is 17.4 Å². The molecule has 1 aliphatic rings. The second-order valence-electron chi connectivity index (χ2n) is 6.91. The first-order valence-electron chi connectivity index (χ1n) is 8.86. The Kier molecular flexibility index (Phi) is 5.04. The molecule has 0 spiro atoms. The van der Waals surface area contributed by atoms with Crippen LogP contribution in [0.4, 0.5) is 5.69 Å². The second kappa shape index (κ2) is 7.23. The highest BCUT2D eigenvalue weighted by Crippen LogP contribution is 2.20. The molecule has 2 aromatic rings. The fourth-order valence-corrected chi connectivity index (χ4v) is 3.80. The number of likely N-dealkylation sites (tertiary alicyclic amines) is 1. The maximum absolute atomic E-state index is 12.8. The number of carbonyl (C=O) groups is 2. The number of quaternary nitrogens is 1. The van der Waals surface area contributed by atoms with Crippen LogP contribution in [-0.4, -0.2) is 28.8 Å². The van der Waals surface area contributed by atoms with Crippen molar-refractivity contribution in [3.63, 3.8) is 0 Å². The number of amides is 1. The van der Waals surface area contributed by atoms with Crippen molar-refractivity contribution in [2.24, 2.45) is 7.05 Å². The van der Waals surface area contributed by atoms with E-state index in [-0.39, 0.29) is 17.7 Å². The third kappa shape index (κ3) is 3.66. The summed E-state index contributed by atoms with van der Waals surface area (Å²) in [4.78, 5) is 25.6. The van der Waals surface area contributed by atoms with Gasteiger partial charge in [0.05, 0.1) is 12.2 Å². The zero-order valence-electron chi connectivity index (χ0n) is 15.1. The molecule has 1 fully saturated rings. The molecule has 1 aromatic carbocycles. The summed E-state index contributed by atoms with van der Waals surface area (Å²) < 4.78 is 2.15. The van der Waals surface area contributed by atoms with E-state index in [1.54, 1.807) is 18.2 Å². The molecule has 1 amide bonds. The predicted molar refractivity (Wildman–Crippen MR) is 97.8 cm³/mol. The van der Waals surface area contributed by atoms with Gasteiger partial charge in [0.15, 0.2) is 11.8 Å². The Balaban J connectivity index is 1.72. The van der Waals surface area contributed by atoms with Crippen LogP contribution in [0.5, 0.6) is 0 Å². The summed E-state index contributed by atoms with van der Waals surface area (Å²) in [6.45, 7) is 4.51. The lowest BCUT2D eigenvalue weighted by Gasteiger charge is -2.27. The molecule has 5 heteroatoms. The predicted octanol–water partition coefficient (Wildman–Crippen LogP) is 1.97. The lowest BCUT2D eigenvalue weighted by molar-refractivity contribution is -0.932. The Bertz CT molecular complexity index is 781. The number of aryl methyl sites for hydroxylation is 1. The summed E-state index contributed by atoms with van der Waals surface area (Å²) in [5.41, 5.74) is 2.57. The molecule has 25 heavy (non-hydrogen) atoms. The van der Waals surface area contributed by atoms with E-state index in [0.717, 1.165) is 19.4 Å². The van der Waals surface area contributed by atoms with Gasteiger partial charge in [-0.05, 0) is 38.1 Å². The lowest BCUT2D eigenvalue weighted by Crippen LogP contribution is -3.15. The van der Waals surface area contributed by atoms with Gasteiger partial charge in [-0.2, -0.15) is 0 Å². The van der Waals surface area contributed by atoms with E-state index in [9.17, 15) is 9.59 Å².